The molecule has 0 bridgehead atoms. The van der Waals surface area contributed by atoms with Gasteiger partial charge in [0, 0.05) is 11.7 Å². The maximum absolute atomic E-state index is 13.2. The fourth-order valence-electron chi connectivity index (χ4n) is 2.78. The molecule has 0 unspecified atom stereocenters. The zero-order valence-corrected chi connectivity index (χ0v) is 11.4. The molecule has 0 amide bonds. The van der Waals surface area contributed by atoms with Crippen molar-refractivity contribution in [3.8, 4) is 0 Å². The Labute approximate surface area is 116 Å². The van der Waals surface area contributed by atoms with Crippen LogP contribution in [0.1, 0.15) is 44.6 Å². The smallest absolute Gasteiger partial charge is 0.382 e. The summed E-state index contributed by atoms with van der Waals surface area (Å²) in [5, 5.41) is 3.10. The highest BCUT2D eigenvalue weighted by Gasteiger charge is 2.34. The molecule has 5 heteroatoms. The Balaban J connectivity index is 2.04. The van der Waals surface area contributed by atoms with Crippen molar-refractivity contribution < 1.29 is 17.6 Å². The van der Waals surface area contributed by atoms with Gasteiger partial charge in [0.1, 0.15) is 5.82 Å². The largest absolute Gasteiger partial charge is 0.419 e. The van der Waals surface area contributed by atoms with Crippen LogP contribution in [-0.4, -0.2) is 6.04 Å². The maximum atomic E-state index is 13.2. The van der Waals surface area contributed by atoms with Gasteiger partial charge in [0.05, 0.1) is 5.56 Å². The summed E-state index contributed by atoms with van der Waals surface area (Å²) in [5.41, 5.74) is -0.858. The van der Waals surface area contributed by atoms with Crippen LogP contribution in [0, 0.1) is 11.7 Å². The zero-order valence-electron chi connectivity index (χ0n) is 11.4. The molecule has 1 N–H and O–H groups in total. The highest BCUT2D eigenvalue weighted by Crippen LogP contribution is 2.34. The summed E-state index contributed by atoms with van der Waals surface area (Å²) in [6.45, 7) is 2.16. The minimum Gasteiger partial charge on any atom is -0.382 e. The number of nitrogens with one attached hydrogen (secondary N) is 1. The molecule has 0 saturated heterocycles. The van der Waals surface area contributed by atoms with Crippen molar-refractivity contribution in [1.82, 2.24) is 0 Å². The molecule has 20 heavy (non-hydrogen) atoms. The molecule has 0 aliphatic heterocycles. The summed E-state index contributed by atoms with van der Waals surface area (Å²) in [4.78, 5) is 0. The third kappa shape index (κ3) is 3.64. The number of rotatable bonds is 3. The molecule has 2 rings (SSSR count). The molecule has 1 aliphatic carbocycles. The number of benzene rings is 1. The van der Waals surface area contributed by atoms with E-state index in [0.29, 0.717) is 5.69 Å². The van der Waals surface area contributed by atoms with E-state index in [1.165, 1.54) is 6.07 Å². The predicted molar refractivity (Wildman–Crippen MR) is 71.1 cm³/mol. The Bertz CT molecular complexity index is 448. The fourth-order valence-corrected chi connectivity index (χ4v) is 2.78. The average molecular weight is 289 g/mol. The van der Waals surface area contributed by atoms with Gasteiger partial charge in [-0.05, 0) is 49.8 Å². The Morgan fingerprint density at radius 3 is 2.35 bits per heavy atom. The van der Waals surface area contributed by atoms with E-state index >= 15 is 0 Å². The van der Waals surface area contributed by atoms with Gasteiger partial charge in [0.15, 0.2) is 0 Å². The van der Waals surface area contributed by atoms with Crippen LogP contribution in [0.2, 0.25) is 0 Å². The highest BCUT2D eigenvalue weighted by molar-refractivity contribution is 5.47. The second-order valence-corrected chi connectivity index (χ2v) is 5.46. The summed E-state index contributed by atoms with van der Waals surface area (Å²) in [6.07, 6.45) is 0.612. The van der Waals surface area contributed by atoms with Crippen molar-refractivity contribution in [3.63, 3.8) is 0 Å². The molecule has 0 aromatic heterocycles. The van der Waals surface area contributed by atoms with Gasteiger partial charge >= 0.3 is 6.18 Å². The summed E-state index contributed by atoms with van der Waals surface area (Å²) in [5.74, 6) is -0.496. The van der Waals surface area contributed by atoms with Crippen molar-refractivity contribution in [2.24, 2.45) is 5.92 Å². The van der Waals surface area contributed by atoms with Crippen molar-refractivity contribution in [1.29, 1.82) is 0 Å². The minimum absolute atomic E-state index is 0.185. The van der Waals surface area contributed by atoms with E-state index in [1.807, 2.05) is 0 Å². The second kappa shape index (κ2) is 6.02. The van der Waals surface area contributed by atoms with E-state index in [-0.39, 0.29) is 6.04 Å². The van der Waals surface area contributed by atoms with Crippen LogP contribution in [0.15, 0.2) is 18.2 Å². The quantitative estimate of drug-likeness (QED) is 0.752. The summed E-state index contributed by atoms with van der Waals surface area (Å²) in [7, 11) is 0. The molecule has 0 radical (unpaired) electrons. The maximum Gasteiger partial charge on any atom is 0.419 e. The van der Waals surface area contributed by atoms with Gasteiger partial charge in [-0.25, -0.2) is 4.39 Å². The van der Waals surface area contributed by atoms with Gasteiger partial charge in [-0.3, -0.25) is 0 Å². The summed E-state index contributed by atoms with van der Waals surface area (Å²) in [6, 6.07) is 3.30. The van der Waals surface area contributed by atoms with Crippen LogP contribution in [0.5, 0.6) is 0 Å². The third-order valence-corrected chi connectivity index (χ3v) is 4.07. The molecule has 112 valence electrons. The lowest BCUT2D eigenvalue weighted by molar-refractivity contribution is -0.139. The van der Waals surface area contributed by atoms with E-state index in [0.717, 1.165) is 50.2 Å². The summed E-state index contributed by atoms with van der Waals surface area (Å²) < 4.78 is 51.1. The lowest BCUT2D eigenvalue weighted by Gasteiger charge is -2.29. The van der Waals surface area contributed by atoms with Gasteiger partial charge in [-0.1, -0.05) is 13.3 Å². The molecule has 1 aliphatic rings. The Kier molecular flexibility index (Phi) is 4.55. The minimum atomic E-state index is -4.65. The van der Waals surface area contributed by atoms with E-state index in [1.54, 1.807) is 0 Å². The summed E-state index contributed by atoms with van der Waals surface area (Å²) >= 11 is 0. The lowest BCUT2D eigenvalue weighted by Crippen LogP contribution is -2.26. The van der Waals surface area contributed by atoms with E-state index < -0.39 is 17.6 Å². The number of alkyl halides is 3. The Morgan fingerprint density at radius 2 is 1.80 bits per heavy atom. The van der Waals surface area contributed by atoms with Crippen molar-refractivity contribution in [3.05, 3.63) is 29.6 Å². The molecular weight excluding hydrogens is 270 g/mol. The number of hydrogen-bond acceptors (Lipinski definition) is 1. The topological polar surface area (TPSA) is 12.0 Å². The molecule has 0 spiro atoms. The normalized spacial score (nSPS) is 23.6. The highest BCUT2D eigenvalue weighted by atomic mass is 19.4. The first-order chi connectivity index (χ1) is 9.40. The average Bonchev–Trinajstić information content (AvgIpc) is 2.40. The van der Waals surface area contributed by atoms with E-state index in [2.05, 4.69) is 12.2 Å². The van der Waals surface area contributed by atoms with Gasteiger partial charge < -0.3 is 5.32 Å². The number of hydrogen-bond donors (Lipinski definition) is 1. The predicted octanol–water partition coefficient (Wildman–Crippen LogP) is 5.23. The van der Waals surface area contributed by atoms with Gasteiger partial charge in [0.2, 0.25) is 0 Å². The van der Waals surface area contributed by atoms with Crippen LogP contribution in [0.4, 0.5) is 23.2 Å². The standard InChI is InChI=1S/C15H19F4N/c1-2-10-3-5-11(6-4-10)20-12-7-8-14(16)13(9-12)15(17,18)19/h7-11,20H,2-6H2,1H3. The molecule has 0 atom stereocenters. The van der Waals surface area contributed by atoms with Crippen molar-refractivity contribution in [2.75, 3.05) is 5.32 Å². The van der Waals surface area contributed by atoms with Gasteiger partial charge in [-0.2, -0.15) is 13.2 Å². The fraction of sp³-hybridized carbons (Fsp3) is 0.600. The first kappa shape index (κ1) is 15.1. The van der Waals surface area contributed by atoms with Crippen LogP contribution in [0.3, 0.4) is 0 Å². The SMILES string of the molecule is CCC1CCC(Nc2ccc(F)c(C(F)(F)F)c2)CC1. The van der Waals surface area contributed by atoms with Crippen LogP contribution >= 0.6 is 0 Å². The molecular formula is C15H19F4N. The monoisotopic (exact) mass is 289 g/mol. The molecule has 1 saturated carbocycles. The van der Waals surface area contributed by atoms with Crippen molar-refractivity contribution >= 4 is 5.69 Å². The number of anilines is 1. The lowest BCUT2D eigenvalue weighted by atomic mass is 9.84. The van der Waals surface area contributed by atoms with Crippen molar-refractivity contribution in [2.45, 2.75) is 51.2 Å². The first-order valence-electron chi connectivity index (χ1n) is 7.03. The molecule has 1 aromatic carbocycles. The second-order valence-electron chi connectivity index (χ2n) is 5.46. The zero-order chi connectivity index (χ0) is 14.8. The molecule has 1 nitrogen and oxygen atoms in total. The van der Waals surface area contributed by atoms with Crippen LogP contribution in [-0.2, 0) is 6.18 Å². The van der Waals surface area contributed by atoms with Gasteiger partial charge in [0.25, 0.3) is 0 Å². The molecule has 1 fully saturated rings. The van der Waals surface area contributed by atoms with Crippen LogP contribution in [0.25, 0.3) is 0 Å². The third-order valence-electron chi connectivity index (χ3n) is 4.07. The van der Waals surface area contributed by atoms with Crippen LogP contribution < -0.4 is 5.32 Å². The van der Waals surface area contributed by atoms with E-state index in [4.69, 9.17) is 0 Å². The molecule has 1 aromatic rings. The first-order valence-corrected chi connectivity index (χ1v) is 7.03. The van der Waals surface area contributed by atoms with E-state index in [9.17, 15) is 17.6 Å². The Hall–Kier alpha value is -1.26. The number of halogens is 4. The van der Waals surface area contributed by atoms with Gasteiger partial charge in [-0.15, -0.1) is 0 Å². The molecule has 0 heterocycles. The Morgan fingerprint density at radius 1 is 1.15 bits per heavy atom.